The first-order valence-electron chi connectivity index (χ1n) is 10.1. The second-order valence-electron chi connectivity index (χ2n) is 7.83. The molecule has 1 aromatic carbocycles. The summed E-state index contributed by atoms with van der Waals surface area (Å²) in [5.74, 6) is 0.743. The highest BCUT2D eigenvalue weighted by molar-refractivity contribution is 7.89. The number of aryl methyl sites for hydroxylation is 1. The highest BCUT2D eigenvalue weighted by Crippen LogP contribution is 2.27. The number of nitrogens with zero attached hydrogens (tertiary/aromatic N) is 3. The molecule has 0 unspecified atom stereocenters. The van der Waals surface area contributed by atoms with Gasteiger partial charge < -0.3 is 9.84 Å². The van der Waals surface area contributed by atoms with Crippen molar-refractivity contribution in [1.82, 2.24) is 19.8 Å². The van der Waals surface area contributed by atoms with Gasteiger partial charge in [0.2, 0.25) is 27.6 Å². The molecule has 9 heteroatoms. The molecule has 1 saturated heterocycles. The van der Waals surface area contributed by atoms with Crippen LogP contribution in [0.4, 0.5) is 0 Å². The van der Waals surface area contributed by atoms with E-state index < -0.39 is 10.0 Å². The number of carbonyl (C=O) groups is 1. The zero-order valence-electron chi connectivity index (χ0n) is 16.5. The summed E-state index contributed by atoms with van der Waals surface area (Å²) in [5.41, 5.74) is 0.591. The number of sulfonamides is 1. The Bertz CT molecular complexity index is 974. The van der Waals surface area contributed by atoms with E-state index in [9.17, 15) is 13.2 Å². The number of rotatable bonds is 5. The van der Waals surface area contributed by atoms with E-state index in [1.807, 2.05) is 0 Å². The fraction of sp³-hybridized carbons (Fsp3) is 0.550. The summed E-state index contributed by atoms with van der Waals surface area (Å²) in [5, 5.41) is 6.99. The van der Waals surface area contributed by atoms with Crippen LogP contribution in [0.5, 0.6) is 0 Å². The Morgan fingerprint density at radius 1 is 1.17 bits per heavy atom. The number of nitrogens with one attached hydrogen (secondary N) is 1. The smallest absolute Gasteiger partial charge is 0.243 e. The minimum absolute atomic E-state index is 0.0726. The van der Waals surface area contributed by atoms with Gasteiger partial charge in [-0.3, -0.25) is 4.79 Å². The third kappa shape index (κ3) is 4.35. The first kappa shape index (κ1) is 20.0. The number of amides is 1. The van der Waals surface area contributed by atoms with Crippen LogP contribution in [0.15, 0.2) is 33.7 Å². The third-order valence-corrected chi connectivity index (χ3v) is 7.68. The lowest BCUT2D eigenvalue weighted by atomic mass is 9.97. The SMILES string of the molecule is Cc1nc(-c2cccc(S(=O)(=O)N3CCC(C(=O)NC4CCCC4)CC3)c2)no1. The van der Waals surface area contributed by atoms with Crippen molar-refractivity contribution in [1.29, 1.82) is 0 Å². The van der Waals surface area contributed by atoms with Crippen molar-refractivity contribution in [2.24, 2.45) is 5.92 Å². The van der Waals surface area contributed by atoms with Gasteiger partial charge in [0.05, 0.1) is 4.90 Å². The van der Waals surface area contributed by atoms with Crippen molar-refractivity contribution in [3.8, 4) is 11.4 Å². The second kappa shape index (κ2) is 8.23. The quantitative estimate of drug-likeness (QED) is 0.800. The molecule has 0 bridgehead atoms. The normalized spacial score (nSPS) is 19.5. The van der Waals surface area contributed by atoms with Crippen LogP contribution in [0.1, 0.15) is 44.4 Å². The van der Waals surface area contributed by atoms with Crippen LogP contribution in [-0.4, -0.2) is 47.9 Å². The van der Waals surface area contributed by atoms with Crippen molar-refractivity contribution < 1.29 is 17.7 Å². The van der Waals surface area contributed by atoms with Gasteiger partial charge in [-0.05, 0) is 37.8 Å². The van der Waals surface area contributed by atoms with Gasteiger partial charge in [-0.1, -0.05) is 30.1 Å². The zero-order chi connectivity index (χ0) is 20.4. The van der Waals surface area contributed by atoms with E-state index in [0.29, 0.717) is 49.3 Å². The first-order chi connectivity index (χ1) is 13.9. The standard InChI is InChI=1S/C20H26N4O4S/c1-14-21-19(23-28-14)16-5-4-8-18(13-16)29(26,27)24-11-9-15(10-12-24)20(25)22-17-6-2-3-7-17/h4-5,8,13,15,17H,2-3,6-7,9-12H2,1H3,(H,22,25). The minimum Gasteiger partial charge on any atom is -0.353 e. The van der Waals surface area contributed by atoms with E-state index in [2.05, 4.69) is 15.5 Å². The van der Waals surface area contributed by atoms with E-state index in [1.54, 1.807) is 31.2 Å². The number of piperidine rings is 1. The molecule has 2 aromatic rings. The summed E-state index contributed by atoms with van der Waals surface area (Å²) in [6.07, 6.45) is 5.53. The molecule has 0 spiro atoms. The molecule has 4 rings (SSSR count). The summed E-state index contributed by atoms with van der Waals surface area (Å²) < 4.78 is 32.6. The van der Waals surface area contributed by atoms with Crippen LogP contribution in [0.25, 0.3) is 11.4 Å². The van der Waals surface area contributed by atoms with Crippen LogP contribution in [-0.2, 0) is 14.8 Å². The number of hydrogen-bond donors (Lipinski definition) is 1. The molecule has 1 N–H and O–H groups in total. The van der Waals surface area contributed by atoms with Gasteiger partial charge in [0.25, 0.3) is 0 Å². The largest absolute Gasteiger partial charge is 0.353 e. The van der Waals surface area contributed by atoms with Crippen LogP contribution < -0.4 is 5.32 Å². The molecule has 1 amide bonds. The highest BCUT2D eigenvalue weighted by atomic mass is 32.2. The Kier molecular flexibility index (Phi) is 5.69. The van der Waals surface area contributed by atoms with Crippen molar-refractivity contribution >= 4 is 15.9 Å². The van der Waals surface area contributed by atoms with Crippen molar-refractivity contribution in [3.63, 3.8) is 0 Å². The van der Waals surface area contributed by atoms with Gasteiger partial charge in [-0.15, -0.1) is 0 Å². The van der Waals surface area contributed by atoms with Gasteiger partial charge in [-0.25, -0.2) is 8.42 Å². The molecule has 156 valence electrons. The molecular formula is C20H26N4O4S. The van der Waals surface area contributed by atoms with Crippen LogP contribution >= 0.6 is 0 Å². The number of carbonyl (C=O) groups excluding carboxylic acids is 1. The summed E-state index contributed by atoms with van der Waals surface area (Å²) >= 11 is 0. The molecule has 1 aliphatic heterocycles. The molecule has 2 aliphatic rings. The third-order valence-electron chi connectivity index (χ3n) is 5.78. The fourth-order valence-electron chi connectivity index (χ4n) is 4.11. The molecule has 0 atom stereocenters. The van der Waals surface area contributed by atoms with Gasteiger partial charge in [-0.2, -0.15) is 9.29 Å². The van der Waals surface area contributed by atoms with Gasteiger partial charge in [0.1, 0.15) is 0 Å². The van der Waals surface area contributed by atoms with Gasteiger partial charge >= 0.3 is 0 Å². The van der Waals surface area contributed by atoms with Crippen LogP contribution in [0, 0.1) is 12.8 Å². The molecule has 2 heterocycles. The van der Waals surface area contributed by atoms with Gasteiger partial charge in [0, 0.05) is 37.5 Å². The fourth-order valence-corrected chi connectivity index (χ4v) is 5.62. The molecule has 8 nitrogen and oxygen atoms in total. The molecule has 0 radical (unpaired) electrons. The van der Waals surface area contributed by atoms with E-state index in [0.717, 1.165) is 12.8 Å². The Labute approximate surface area is 170 Å². The lowest BCUT2D eigenvalue weighted by molar-refractivity contribution is -0.126. The van der Waals surface area contributed by atoms with Gasteiger partial charge in [0.15, 0.2) is 0 Å². The Morgan fingerprint density at radius 2 is 1.90 bits per heavy atom. The maximum Gasteiger partial charge on any atom is 0.243 e. The monoisotopic (exact) mass is 418 g/mol. The van der Waals surface area contributed by atoms with Crippen molar-refractivity contribution in [2.45, 2.75) is 56.4 Å². The first-order valence-corrected chi connectivity index (χ1v) is 11.6. The zero-order valence-corrected chi connectivity index (χ0v) is 17.3. The average Bonchev–Trinajstić information content (AvgIpc) is 3.40. The Hall–Kier alpha value is -2.26. The molecule has 1 saturated carbocycles. The van der Waals surface area contributed by atoms with Crippen molar-refractivity contribution in [2.75, 3.05) is 13.1 Å². The lowest BCUT2D eigenvalue weighted by Gasteiger charge is -2.31. The van der Waals surface area contributed by atoms with E-state index in [1.165, 1.54) is 17.1 Å². The predicted molar refractivity (Wildman–Crippen MR) is 106 cm³/mol. The molecular weight excluding hydrogens is 392 g/mol. The molecule has 1 aliphatic carbocycles. The summed E-state index contributed by atoms with van der Waals surface area (Å²) in [6.45, 7) is 2.37. The van der Waals surface area contributed by atoms with E-state index >= 15 is 0 Å². The van der Waals surface area contributed by atoms with Crippen LogP contribution in [0.3, 0.4) is 0 Å². The molecule has 1 aromatic heterocycles. The number of hydrogen-bond acceptors (Lipinski definition) is 6. The maximum absolute atomic E-state index is 13.1. The summed E-state index contributed by atoms with van der Waals surface area (Å²) in [4.78, 5) is 16.8. The Morgan fingerprint density at radius 3 is 2.55 bits per heavy atom. The number of benzene rings is 1. The summed E-state index contributed by atoms with van der Waals surface area (Å²) in [7, 11) is -3.64. The Balaban J connectivity index is 1.42. The summed E-state index contributed by atoms with van der Waals surface area (Å²) in [6, 6.07) is 6.86. The van der Waals surface area contributed by atoms with E-state index in [4.69, 9.17) is 4.52 Å². The second-order valence-corrected chi connectivity index (χ2v) is 9.77. The van der Waals surface area contributed by atoms with Crippen LogP contribution in [0.2, 0.25) is 0 Å². The van der Waals surface area contributed by atoms with Crippen molar-refractivity contribution in [3.05, 3.63) is 30.2 Å². The average molecular weight is 419 g/mol. The predicted octanol–water partition coefficient (Wildman–Crippen LogP) is 2.50. The maximum atomic E-state index is 13.1. The lowest BCUT2D eigenvalue weighted by Crippen LogP contribution is -2.44. The minimum atomic E-state index is -3.64. The highest BCUT2D eigenvalue weighted by Gasteiger charge is 2.33. The molecule has 2 fully saturated rings. The number of aromatic nitrogens is 2. The topological polar surface area (TPSA) is 105 Å². The molecule has 29 heavy (non-hydrogen) atoms. The van der Waals surface area contributed by atoms with E-state index in [-0.39, 0.29) is 16.7 Å².